The molecule has 11 rings (SSSR count). The number of urea groups is 1. The Morgan fingerprint density at radius 3 is 1.72 bits per heavy atom. The largest absolute Gasteiger partial charge is 0.508 e. The number of carbonyl (C=O) groups excluding carboxylic acids is 12. The zero-order valence-corrected chi connectivity index (χ0v) is 86.7. The number of aliphatic hydroxyl groups excluding tert-OH is 6. The van der Waals surface area contributed by atoms with Crippen molar-refractivity contribution >= 4 is 93.7 Å². The van der Waals surface area contributed by atoms with E-state index in [1.165, 1.54) is 17.7 Å². The van der Waals surface area contributed by atoms with Gasteiger partial charge in [0.25, 0.3) is 0 Å². The fraction of sp³-hybridized carbons (Fsp3) is 0.593. The van der Waals surface area contributed by atoms with Gasteiger partial charge in [-0.25, -0.2) is 9.59 Å². The van der Waals surface area contributed by atoms with Crippen LogP contribution in [0, 0.1) is 34.5 Å². The molecule has 11 amide bonds. The number of phenols is 1. The van der Waals surface area contributed by atoms with Crippen LogP contribution in [0.4, 0.5) is 21.0 Å². The van der Waals surface area contributed by atoms with Crippen molar-refractivity contribution in [3.63, 3.8) is 0 Å². The van der Waals surface area contributed by atoms with E-state index in [1.807, 2.05) is 105 Å². The number of benzene rings is 5. The van der Waals surface area contributed by atoms with Gasteiger partial charge in [-0.2, -0.15) is 0 Å². The van der Waals surface area contributed by atoms with Crippen LogP contribution in [0.2, 0.25) is 0 Å². The van der Waals surface area contributed by atoms with Crippen molar-refractivity contribution in [1.82, 2.24) is 58.5 Å². The topological polar surface area (TPSA) is 585 Å². The quantitative estimate of drug-likeness (QED) is 0.0189. The standard InChI is InChI=1S/C108H154N14O27/c1-68(2)94(85(127)61-73(16-12-41-112-103(109)140)99(136)114-75-27-21-69(22-28-75)67-149-104(141)116-82(65-123)84(126)60-70-20-23-71-25-31-88-105(3,79(71)59-70)37-13-39-107(88,5)101(138)118-102(139)108(6)40-14-38-106(4)80-62-76(125)29-24-72(80)26-32-89(106)108)117-100(137)81(30-33-91(131)113-63-86(128)97(134)98(135)87(129)66-124)115-92(132)36-45-142-49-53-146-57-58-148-55-51-144-47-43-111-90(130)34-35-93(133)121-64-74-15-8-9-17-77(74)96-95(78-18-10-11-19-83(78)121)119-120-122(96)44-48-145-52-56-147-54-50-143-46-42-110-7/h8-11,15,17-24,27-29,59,62,68,73,81-82,86-89,94,97-98,110,119-120,123-125,128-129,134-135H,12-14,16,25-26,30-58,60-61,63-67H2,1-7H3,(H,111,130)(H,113,131)(H,114,136)(H,115,132)(H,116,141)(H,117,137)(H3,109,112,140)(H,118,138,139)/t73-,81-,82+,86+,87-,88-,89-,94+,97-,98-,105-,106-,107+,108+/m1/s1. The van der Waals surface area contributed by atoms with Gasteiger partial charge in [-0.1, -0.05) is 133 Å². The van der Waals surface area contributed by atoms with Crippen molar-refractivity contribution in [3.05, 3.63) is 159 Å². The van der Waals surface area contributed by atoms with E-state index in [1.54, 1.807) is 36.9 Å². The van der Waals surface area contributed by atoms with Gasteiger partial charge in [0.05, 0.1) is 159 Å². The van der Waals surface area contributed by atoms with Crippen LogP contribution in [-0.4, -0.2) is 300 Å². The average molecular weight is 2080 g/mol. The van der Waals surface area contributed by atoms with Crippen LogP contribution in [-0.2, 0) is 129 Å². The van der Waals surface area contributed by atoms with Crippen LogP contribution in [0.1, 0.15) is 194 Å². The summed E-state index contributed by atoms with van der Waals surface area (Å²) >= 11 is 0. The first-order chi connectivity index (χ1) is 71.5. The molecular formula is C108H154N14O27. The zero-order valence-electron chi connectivity index (χ0n) is 86.7. The van der Waals surface area contributed by atoms with Crippen molar-refractivity contribution in [3.8, 4) is 5.75 Å². The van der Waals surface area contributed by atoms with Crippen molar-refractivity contribution < 1.29 is 131 Å². The Balaban J connectivity index is 0.594. The van der Waals surface area contributed by atoms with E-state index in [0.717, 1.165) is 96.3 Å². The minimum Gasteiger partial charge on any atom is -0.508 e. The highest BCUT2D eigenvalue weighted by molar-refractivity contribution is 6.04. The van der Waals surface area contributed by atoms with Crippen LogP contribution in [0.25, 0.3) is 11.4 Å². The van der Waals surface area contributed by atoms with Gasteiger partial charge in [0.1, 0.15) is 42.8 Å². The smallest absolute Gasteiger partial charge is 0.408 e. The van der Waals surface area contributed by atoms with E-state index in [4.69, 9.17) is 43.6 Å². The van der Waals surface area contributed by atoms with Crippen LogP contribution in [0.5, 0.6) is 5.75 Å². The average Bonchev–Trinajstić information content (AvgIpc) is 1.71. The summed E-state index contributed by atoms with van der Waals surface area (Å²) in [6.07, 6.45) is -2.91. The van der Waals surface area contributed by atoms with Crippen LogP contribution in [0.3, 0.4) is 0 Å². The number of para-hydroxylation sites is 1. The Morgan fingerprint density at radius 2 is 1.10 bits per heavy atom. The number of nitrogens with one attached hydrogen (secondary N) is 11. The summed E-state index contributed by atoms with van der Waals surface area (Å²) in [6.45, 7) is 14.7. The monoisotopic (exact) mass is 2080 g/mol. The predicted octanol–water partition coefficient (Wildman–Crippen LogP) is 4.39. The molecule has 2 aliphatic heterocycles. The van der Waals surface area contributed by atoms with Gasteiger partial charge in [-0.3, -0.25) is 58.3 Å². The van der Waals surface area contributed by atoms with Crippen LogP contribution >= 0.6 is 0 Å². The van der Waals surface area contributed by atoms with E-state index < -0.39 is 151 Å². The molecule has 41 nitrogen and oxygen atoms in total. The number of phenolic OH excluding ortho intramolecular Hbond substituents is 1. The molecule has 0 unspecified atom stereocenters. The Bertz CT molecular complexity index is 5370. The molecule has 20 N–H and O–H groups in total. The maximum atomic E-state index is 14.9. The van der Waals surface area contributed by atoms with E-state index in [0.29, 0.717) is 82.3 Å². The third-order valence-electron chi connectivity index (χ3n) is 29.8. The van der Waals surface area contributed by atoms with Crippen LogP contribution < -0.4 is 69.4 Å². The molecule has 4 aliphatic carbocycles. The minimum absolute atomic E-state index is 0.0278. The fourth-order valence-electron chi connectivity index (χ4n) is 21.5. The number of Topliss-reactive ketones (excluding diaryl/α,β-unsaturated/α-hetero) is 2. The first-order valence-electron chi connectivity index (χ1n) is 52.0. The minimum atomic E-state index is -2.00. The number of nitrogens with two attached hydrogens (primary N) is 1. The molecule has 5 aromatic carbocycles. The summed E-state index contributed by atoms with van der Waals surface area (Å²) in [6, 6.07) is 28.2. The first-order valence-corrected chi connectivity index (χ1v) is 52.0. The molecule has 149 heavy (non-hydrogen) atoms. The number of likely N-dealkylation sites (N-methyl/N-ethyl adjacent to an activating group) is 1. The molecular weight excluding hydrogens is 1930 g/mol. The van der Waals surface area contributed by atoms with E-state index in [9.17, 15) is 93.3 Å². The number of hydrazine groups is 2. The first kappa shape index (κ1) is 118. The Kier molecular flexibility index (Phi) is 45.5. The second-order valence-corrected chi connectivity index (χ2v) is 40.5. The number of fused-ring (bicyclic) bond motifs is 10. The summed E-state index contributed by atoms with van der Waals surface area (Å²) in [5.74, 6) is -6.86. The zero-order chi connectivity index (χ0) is 107. The molecule has 2 fully saturated rings. The molecule has 6 aliphatic rings. The highest BCUT2D eigenvalue weighted by Gasteiger charge is 2.59. The Hall–Kier alpha value is -11.5. The molecule has 41 heteroatoms. The molecule has 2 saturated carbocycles. The number of anilines is 2. The maximum absolute atomic E-state index is 14.9. The van der Waals surface area contributed by atoms with Crippen molar-refractivity contribution in [1.29, 1.82) is 0 Å². The number of aliphatic hydroxyl groups is 6. The number of alkyl carbamates (subject to hydrolysis) is 1. The molecule has 2 heterocycles. The summed E-state index contributed by atoms with van der Waals surface area (Å²) in [7, 11) is 1.87. The van der Waals surface area contributed by atoms with Gasteiger partial charge < -0.3 is 132 Å². The van der Waals surface area contributed by atoms with Crippen molar-refractivity contribution in [2.45, 2.75) is 230 Å². The number of aromatic hydroxyl groups is 1. The van der Waals surface area contributed by atoms with Gasteiger partial charge in [0.2, 0.25) is 47.3 Å². The number of amides is 11. The number of hydrogen-bond acceptors (Lipinski definition) is 31. The highest BCUT2D eigenvalue weighted by atomic mass is 16.6. The van der Waals surface area contributed by atoms with E-state index >= 15 is 0 Å². The Morgan fingerprint density at radius 1 is 0.530 bits per heavy atom. The molecule has 0 saturated heterocycles. The third-order valence-corrected chi connectivity index (χ3v) is 29.8. The molecule has 0 spiro atoms. The number of carbonyl (C=O) groups is 12. The lowest BCUT2D eigenvalue weighted by atomic mass is 9.49. The van der Waals surface area contributed by atoms with E-state index in [2.05, 4.69) is 72.7 Å². The number of primary amides is 1. The van der Waals surface area contributed by atoms with Gasteiger partial charge >= 0.3 is 12.1 Å². The van der Waals surface area contributed by atoms with Crippen molar-refractivity contribution in [2.75, 3.05) is 156 Å². The van der Waals surface area contributed by atoms with Gasteiger partial charge in [0.15, 0.2) is 11.6 Å². The summed E-state index contributed by atoms with van der Waals surface area (Å²) in [5.41, 5.74) is 20.2. The lowest BCUT2D eigenvalue weighted by Gasteiger charge is -2.56. The van der Waals surface area contributed by atoms with Gasteiger partial charge in [-0.05, 0) is 176 Å². The van der Waals surface area contributed by atoms with E-state index in [-0.39, 0.29) is 176 Å². The van der Waals surface area contributed by atoms with Crippen LogP contribution in [0.15, 0.2) is 109 Å². The number of ether oxygens (including phenoxy) is 8. The van der Waals surface area contributed by atoms with Crippen molar-refractivity contribution in [2.24, 2.45) is 40.2 Å². The highest BCUT2D eigenvalue weighted by Crippen LogP contribution is 2.60. The Labute approximate surface area is 870 Å². The summed E-state index contributed by atoms with van der Waals surface area (Å²) < 4.78 is 45.2. The lowest BCUT2D eigenvalue weighted by molar-refractivity contribution is -0.150. The summed E-state index contributed by atoms with van der Waals surface area (Å²) in [4.78, 5) is 168. The fourth-order valence-corrected chi connectivity index (χ4v) is 21.5. The molecule has 818 valence electrons. The molecule has 14 atom stereocenters. The lowest BCUT2D eigenvalue weighted by Crippen LogP contribution is -2.60. The number of nitrogens with zero attached hydrogens (tertiary/aromatic N) is 2. The predicted molar refractivity (Wildman–Crippen MR) is 550 cm³/mol. The third kappa shape index (κ3) is 32.5. The second kappa shape index (κ2) is 57.6. The number of hydrogen-bond donors (Lipinski definition) is 19. The molecule has 0 radical (unpaired) electrons. The number of rotatable bonds is 61. The summed E-state index contributed by atoms with van der Waals surface area (Å²) in [5, 5.41) is 97.3. The maximum Gasteiger partial charge on any atom is 0.408 e. The van der Waals surface area contributed by atoms with Gasteiger partial charge in [0, 0.05) is 87.4 Å². The molecule has 0 aromatic heterocycles. The molecule has 0 bridgehead atoms. The SMILES string of the molecule is CNCCOCCOCCOCCN1NNC2=C1c1ccccc1CN(C(=O)CCC(=O)NCCOCCOCCOCCOCCC(=O)N[C@H](CCC(=O)NC[C@H](O)[C@@H](O)[C@H](O)[C@H](O)CO)C(=O)N[C@H](C(=O)C[C@@H](CCCNC(N)=O)C(=O)Nc1ccc(COC(=O)N[C@@H](CO)C(=O)Cc3ccc4c(c3)[C@@]3(C)CCC[C@](C)(C(=O)NC(=O)[C@@]5(C)CCC[C@]6(C)c7cc(O)ccc7CC[C@@H]56)[C@@H]3CC4)cc1)C(C)C)c1ccccc12. The normalized spacial score (nSPS) is 20.6. The number of ketones is 2. The molecule has 5 aromatic rings. The second-order valence-electron chi connectivity index (χ2n) is 40.5. The number of imide groups is 1. The van der Waals surface area contributed by atoms with Gasteiger partial charge in [-0.15, -0.1) is 5.53 Å². The number of aryl methyl sites for hydroxylation is 2.